The molecule has 4 N–H and O–H groups in total. The van der Waals surface area contributed by atoms with E-state index in [1.807, 2.05) is 0 Å². The van der Waals surface area contributed by atoms with Crippen LogP contribution in [0.25, 0.3) is 0 Å². The molecule has 1 aliphatic carbocycles. The van der Waals surface area contributed by atoms with E-state index in [0.717, 1.165) is 31.4 Å². The molecule has 0 spiro atoms. The van der Waals surface area contributed by atoms with Crippen molar-refractivity contribution in [1.29, 1.82) is 0 Å². The topological polar surface area (TPSA) is 58.3 Å². The molecule has 0 amide bonds. The summed E-state index contributed by atoms with van der Waals surface area (Å²) >= 11 is 11.8. The van der Waals surface area contributed by atoms with Gasteiger partial charge < -0.3 is 16.2 Å². The predicted octanol–water partition coefficient (Wildman–Crippen LogP) is 3.68. The highest BCUT2D eigenvalue weighted by atomic mass is 35.5. The third kappa shape index (κ3) is 3.22. The molecule has 1 aromatic rings. The van der Waals surface area contributed by atoms with Gasteiger partial charge in [-0.3, -0.25) is 0 Å². The third-order valence-corrected chi connectivity index (χ3v) is 4.21. The van der Waals surface area contributed by atoms with Crippen LogP contribution in [0.2, 0.25) is 10.0 Å². The minimum absolute atomic E-state index is 0.441. The molecule has 0 saturated heterocycles. The first kappa shape index (κ1) is 13.8. The van der Waals surface area contributed by atoms with Crippen molar-refractivity contribution in [3.63, 3.8) is 0 Å². The van der Waals surface area contributed by atoms with E-state index in [-0.39, 0.29) is 0 Å². The summed E-state index contributed by atoms with van der Waals surface area (Å²) in [7, 11) is 0. The molecule has 5 heteroatoms. The monoisotopic (exact) mass is 288 g/mol. The van der Waals surface area contributed by atoms with Gasteiger partial charge in [0.25, 0.3) is 0 Å². The molecule has 1 aromatic carbocycles. The Morgan fingerprint density at radius 1 is 1.17 bits per heavy atom. The predicted molar refractivity (Wildman–Crippen MR) is 77.4 cm³/mol. The van der Waals surface area contributed by atoms with Crippen LogP contribution in [0.5, 0.6) is 0 Å². The second-order valence-electron chi connectivity index (χ2n) is 4.99. The van der Waals surface area contributed by atoms with Gasteiger partial charge >= 0.3 is 0 Å². The fourth-order valence-corrected chi connectivity index (χ4v) is 2.70. The van der Waals surface area contributed by atoms with E-state index in [2.05, 4.69) is 5.32 Å². The molecule has 3 nitrogen and oxygen atoms in total. The van der Waals surface area contributed by atoms with Crippen LogP contribution in [-0.4, -0.2) is 17.3 Å². The van der Waals surface area contributed by atoms with Crippen LogP contribution in [0.4, 0.5) is 11.4 Å². The van der Waals surface area contributed by atoms with Crippen molar-refractivity contribution in [3.8, 4) is 0 Å². The lowest BCUT2D eigenvalue weighted by atomic mass is 9.85. The van der Waals surface area contributed by atoms with Crippen molar-refractivity contribution in [2.24, 2.45) is 0 Å². The van der Waals surface area contributed by atoms with Crippen LogP contribution in [0.15, 0.2) is 12.1 Å². The van der Waals surface area contributed by atoms with Gasteiger partial charge in [-0.1, -0.05) is 42.5 Å². The zero-order valence-corrected chi connectivity index (χ0v) is 11.7. The highest BCUT2D eigenvalue weighted by molar-refractivity contribution is 6.42. The first-order valence-corrected chi connectivity index (χ1v) is 6.97. The number of nitrogens with one attached hydrogen (secondary N) is 1. The van der Waals surface area contributed by atoms with Gasteiger partial charge in [0.05, 0.1) is 27.0 Å². The molecule has 1 aliphatic rings. The second-order valence-corrected chi connectivity index (χ2v) is 5.81. The lowest BCUT2D eigenvalue weighted by Gasteiger charge is -2.32. The van der Waals surface area contributed by atoms with Crippen molar-refractivity contribution in [2.75, 3.05) is 17.6 Å². The maximum absolute atomic E-state index is 10.4. The fourth-order valence-electron chi connectivity index (χ4n) is 2.36. The van der Waals surface area contributed by atoms with Crippen LogP contribution < -0.4 is 11.1 Å². The average molecular weight is 289 g/mol. The Morgan fingerprint density at radius 3 is 2.44 bits per heavy atom. The van der Waals surface area contributed by atoms with Crippen molar-refractivity contribution in [2.45, 2.75) is 37.7 Å². The largest absolute Gasteiger partial charge is 0.397 e. The Kier molecular flexibility index (Phi) is 4.25. The van der Waals surface area contributed by atoms with E-state index in [4.69, 9.17) is 28.9 Å². The number of nitrogen functional groups attached to an aromatic ring is 1. The Hall–Kier alpha value is -0.640. The molecule has 0 unspecified atom stereocenters. The van der Waals surface area contributed by atoms with E-state index in [0.29, 0.717) is 22.3 Å². The molecular formula is C13H18Cl2N2O. The van der Waals surface area contributed by atoms with Crippen LogP contribution in [0.1, 0.15) is 32.1 Å². The quantitative estimate of drug-likeness (QED) is 0.744. The number of nitrogens with two attached hydrogens (primary N) is 1. The highest BCUT2D eigenvalue weighted by Crippen LogP contribution is 2.32. The molecule has 0 aliphatic heterocycles. The summed E-state index contributed by atoms with van der Waals surface area (Å²) in [5.74, 6) is 0. The van der Waals surface area contributed by atoms with Gasteiger partial charge in [0.1, 0.15) is 0 Å². The first-order valence-electron chi connectivity index (χ1n) is 6.21. The second kappa shape index (κ2) is 5.55. The van der Waals surface area contributed by atoms with Crippen molar-refractivity contribution in [1.82, 2.24) is 0 Å². The van der Waals surface area contributed by atoms with Gasteiger partial charge in [-0.15, -0.1) is 0 Å². The first-order chi connectivity index (χ1) is 8.50. The Bertz CT molecular complexity index is 431. The van der Waals surface area contributed by atoms with Crippen LogP contribution in [-0.2, 0) is 0 Å². The Labute approximate surface area is 117 Å². The maximum Gasteiger partial charge on any atom is 0.0819 e. The zero-order valence-electron chi connectivity index (χ0n) is 10.2. The molecule has 0 aromatic heterocycles. The normalized spacial score (nSPS) is 18.6. The molecule has 0 atom stereocenters. The summed E-state index contributed by atoms with van der Waals surface area (Å²) in [5, 5.41) is 14.5. The number of anilines is 2. The molecular weight excluding hydrogens is 271 g/mol. The highest BCUT2D eigenvalue weighted by Gasteiger charge is 2.28. The van der Waals surface area contributed by atoms with Crippen molar-refractivity contribution < 1.29 is 5.11 Å². The summed E-state index contributed by atoms with van der Waals surface area (Å²) in [6.07, 6.45) is 5.03. The molecule has 1 fully saturated rings. The number of aliphatic hydroxyl groups is 1. The Morgan fingerprint density at radius 2 is 1.78 bits per heavy atom. The smallest absolute Gasteiger partial charge is 0.0819 e. The van der Waals surface area contributed by atoms with Crippen LogP contribution in [0, 0.1) is 0 Å². The molecule has 0 bridgehead atoms. The van der Waals surface area contributed by atoms with Crippen molar-refractivity contribution >= 4 is 34.6 Å². The van der Waals surface area contributed by atoms with Gasteiger partial charge in [0, 0.05) is 6.54 Å². The minimum atomic E-state index is -0.628. The third-order valence-electron chi connectivity index (χ3n) is 3.48. The molecule has 100 valence electrons. The summed E-state index contributed by atoms with van der Waals surface area (Å²) in [5.41, 5.74) is 6.50. The number of hydrogen-bond donors (Lipinski definition) is 3. The summed E-state index contributed by atoms with van der Waals surface area (Å²) in [4.78, 5) is 0. The van der Waals surface area contributed by atoms with Crippen LogP contribution >= 0.6 is 23.2 Å². The number of halogens is 2. The van der Waals surface area contributed by atoms with Gasteiger partial charge in [-0.2, -0.15) is 0 Å². The Balaban J connectivity index is 2.03. The SMILES string of the molecule is Nc1cc(Cl)c(Cl)cc1NCC1(O)CCCCC1. The maximum atomic E-state index is 10.4. The summed E-state index contributed by atoms with van der Waals surface area (Å²) in [6.45, 7) is 0.495. The average Bonchev–Trinajstić information content (AvgIpc) is 2.33. The molecule has 0 radical (unpaired) electrons. The minimum Gasteiger partial charge on any atom is -0.397 e. The standard InChI is InChI=1S/C13H18Cl2N2O/c14-9-6-11(16)12(7-10(9)15)17-8-13(18)4-2-1-3-5-13/h6-7,17-18H,1-5,8,16H2. The van der Waals surface area contributed by atoms with Gasteiger partial charge in [0.15, 0.2) is 0 Å². The van der Waals surface area contributed by atoms with E-state index < -0.39 is 5.60 Å². The number of benzene rings is 1. The molecule has 2 rings (SSSR count). The summed E-state index contributed by atoms with van der Waals surface area (Å²) in [6, 6.07) is 3.32. The number of rotatable bonds is 3. The zero-order chi connectivity index (χ0) is 13.2. The molecule has 0 heterocycles. The lowest BCUT2D eigenvalue weighted by Crippen LogP contribution is -2.38. The van der Waals surface area contributed by atoms with E-state index in [1.54, 1.807) is 12.1 Å². The van der Waals surface area contributed by atoms with E-state index in [9.17, 15) is 5.11 Å². The molecule has 1 saturated carbocycles. The fraction of sp³-hybridized carbons (Fsp3) is 0.538. The lowest BCUT2D eigenvalue weighted by molar-refractivity contribution is 0.0167. The van der Waals surface area contributed by atoms with Gasteiger partial charge in [-0.25, -0.2) is 0 Å². The van der Waals surface area contributed by atoms with Gasteiger partial charge in [-0.05, 0) is 25.0 Å². The van der Waals surface area contributed by atoms with E-state index in [1.165, 1.54) is 6.42 Å². The number of hydrogen-bond acceptors (Lipinski definition) is 3. The van der Waals surface area contributed by atoms with Crippen LogP contribution in [0.3, 0.4) is 0 Å². The molecule has 18 heavy (non-hydrogen) atoms. The summed E-state index contributed by atoms with van der Waals surface area (Å²) < 4.78 is 0. The van der Waals surface area contributed by atoms with E-state index >= 15 is 0 Å². The van der Waals surface area contributed by atoms with Crippen molar-refractivity contribution in [3.05, 3.63) is 22.2 Å². The van der Waals surface area contributed by atoms with Gasteiger partial charge in [0.2, 0.25) is 0 Å².